The third kappa shape index (κ3) is 3.79. The second kappa shape index (κ2) is 7.00. The Morgan fingerprint density at radius 2 is 1.86 bits per heavy atom. The van der Waals surface area contributed by atoms with Crippen LogP contribution in [0.4, 0.5) is 4.39 Å². The first-order valence-electron chi connectivity index (χ1n) is 6.54. The SMILES string of the molecule is COCC(=O)N1CCN(C(=O)c2cc(Br)ccc2F)CC1. The Kier molecular flexibility index (Phi) is 5.30. The lowest BCUT2D eigenvalue weighted by Crippen LogP contribution is -2.51. The van der Waals surface area contributed by atoms with Crippen molar-refractivity contribution in [3.05, 3.63) is 34.1 Å². The van der Waals surface area contributed by atoms with Gasteiger partial charge >= 0.3 is 0 Å². The van der Waals surface area contributed by atoms with Gasteiger partial charge in [-0.05, 0) is 18.2 Å². The zero-order valence-electron chi connectivity index (χ0n) is 11.6. The van der Waals surface area contributed by atoms with Gasteiger partial charge in [-0.25, -0.2) is 4.39 Å². The summed E-state index contributed by atoms with van der Waals surface area (Å²) in [4.78, 5) is 27.2. The van der Waals surface area contributed by atoms with Gasteiger partial charge in [-0.2, -0.15) is 0 Å². The number of piperazine rings is 1. The number of rotatable bonds is 3. The Morgan fingerprint density at radius 3 is 2.48 bits per heavy atom. The topological polar surface area (TPSA) is 49.9 Å². The van der Waals surface area contributed by atoms with Crippen LogP contribution in [0.2, 0.25) is 0 Å². The molecule has 0 bridgehead atoms. The molecule has 0 N–H and O–H groups in total. The fourth-order valence-corrected chi connectivity index (χ4v) is 2.57. The summed E-state index contributed by atoms with van der Waals surface area (Å²) in [6.45, 7) is 1.68. The molecule has 0 saturated carbocycles. The maximum atomic E-state index is 13.7. The molecule has 0 spiro atoms. The Labute approximate surface area is 130 Å². The summed E-state index contributed by atoms with van der Waals surface area (Å²) in [5, 5.41) is 0. The van der Waals surface area contributed by atoms with E-state index in [-0.39, 0.29) is 24.0 Å². The largest absolute Gasteiger partial charge is 0.375 e. The number of ether oxygens (including phenoxy) is 1. The van der Waals surface area contributed by atoms with Crippen LogP contribution in [-0.2, 0) is 9.53 Å². The number of carbonyl (C=O) groups excluding carboxylic acids is 2. The molecule has 0 radical (unpaired) electrons. The van der Waals surface area contributed by atoms with Crippen LogP contribution in [0.1, 0.15) is 10.4 Å². The molecule has 114 valence electrons. The van der Waals surface area contributed by atoms with E-state index >= 15 is 0 Å². The van der Waals surface area contributed by atoms with Gasteiger partial charge in [0.15, 0.2) is 0 Å². The molecule has 1 saturated heterocycles. The molecule has 0 unspecified atom stereocenters. The second-order valence-electron chi connectivity index (χ2n) is 4.73. The van der Waals surface area contributed by atoms with Crippen LogP contribution >= 0.6 is 15.9 Å². The Bertz CT molecular complexity index is 545. The molecule has 0 aliphatic carbocycles. The molecule has 5 nitrogen and oxygen atoms in total. The van der Waals surface area contributed by atoms with E-state index in [1.165, 1.54) is 19.2 Å². The van der Waals surface area contributed by atoms with Gasteiger partial charge in [-0.1, -0.05) is 15.9 Å². The van der Waals surface area contributed by atoms with Crippen molar-refractivity contribution < 1.29 is 18.7 Å². The fraction of sp³-hybridized carbons (Fsp3) is 0.429. The van der Waals surface area contributed by atoms with Crippen molar-refractivity contribution in [1.29, 1.82) is 0 Å². The average Bonchev–Trinajstić information content (AvgIpc) is 2.49. The van der Waals surface area contributed by atoms with Gasteiger partial charge in [0.2, 0.25) is 5.91 Å². The monoisotopic (exact) mass is 358 g/mol. The Hall–Kier alpha value is -1.47. The van der Waals surface area contributed by atoms with Crippen LogP contribution in [0.25, 0.3) is 0 Å². The molecule has 1 aliphatic heterocycles. The van der Waals surface area contributed by atoms with Crippen molar-refractivity contribution in [2.75, 3.05) is 39.9 Å². The number of benzene rings is 1. The molecule has 7 heteroatoms. The highest BCUT2D eigenvalue weighted by Gasteiger charge is 2.26. The van der Waals surface area contributed by atoms with Gasteiger partial charge in [0.05, 0.1) is 5.56 Å². The van der Waals surface area contributed by atoms with Crippen molar-refractivity contribution >= 4 is 27.7 Å². The van der Waals surface area contributed by atoms with Gasteiger partial charge in [0, 0.05) is 37.8 Å². The highest BCUT2D eigenvalue weighted by atomic mass is 79.9. The highest BCUT2D eigenvalue weighted by molar-refractivity contribution is 9.10. The first-order chi connectivity index (χ1) is 10.0. The maximum absolute atomic E-state index is 13.7. The normalized spacial score (nSPS) is 15.2. The average molecular weight is 359 g/mol. The summed E-state index contributed by atoms with van der Waals surface area (Å²) in [7, 11) is 1.47. The molecule has 1 fully saturated rings. The van der Waals surface area contributed by atoms with Crippen molar-refractivity contribution in [3.63, 3.8) is 0 Å². The summed E-state index contributed by atoms with van der Waals surface area (Å²) in [5.74, 6) is -0.994. The van der Waals surface area contributed by atoms with E-state index in [0.717, 1.165) is 0 Å². The van der Waals surface area contributed by atoms with Gasteiger partial charge in [-0.15, -0.1) is 0 Å². The van der Waals surface area contributed by atoms with E-state index in [1.54, 1.807) is 15.9 Å². The van der Waals surface area contributed by atoms with Crippen molar-refractivity contribution in [2.45, 2.75) is 0 Å². The first kappa shape index (κ1) is 15.9. The Morgan fingerprint density at radius 1 is 1.24 bits per heavy atom. The maximum Gasteiger partial charge on any atom is 0.256 e. The minimum Gasteiger partial charge on any atom is -0.375 e. The number of methoxy groups -OCH3 is 1. The summed E-state index contributed by atoms with van der Waals surface area (Å²) in [5.41, 5.74) is 0.0426. The number of hydrogen-bond acceptors (Lipinski definition) is 3. The summed E-state index contributed by atoms with van der Waals surface area (Å²) < 4.78 is 19.2. The molecule has 2 amide bonds. The van der Waals surface area contributed by atoms with Gasteiger partial charge in [0.1, 0.15) is 12.4 Å². The molecule has 2 rings (SSSR count). The predicted molar refractivity (Wildman–Crippen MR) is 78.5 cm³/mol. The third-order valence-corrected chi connectivity index (χ3v) is 3.84. The molecular weight excluding hydrogens is 343 g/mol. The second-order valence-corrected chi connectivity index (χ2v) is 5.65. The van der Waals surface area contributed by atoms with E-state index < -0.39 is 5.82 Å². The van der Waals surface area contributed by atoms with Gasteiger partial charge in [0.25, 0.3) is 5.91 Å². The molecule has 1 heterocycles. The molecule has 0 aromatic heterocycles. The first-order valence-corrected chi connectivity index (χ1v) is 7.33. The molecule has 1 aliphatic rings. The Balaban J connectivity index is 2.00. The van der Waals surface area contributed by atoms with Crippen LogP contribution in [0, 0.1) is 5.82 Å². The highest BCUT2D eigenvalue weighted by Crippen LogP contribution is 2.18. The molecular formula is C14H16BrFN2O3. The van der Waals surface area contributed by atoms with Crippen LogP contribution < -0.4 is 0 Å². The predicted octanol–water partition coefficient (Wildman–Crippen LogP) is 1.52. The minimum absolute atomic E-state index is 0.0359. The summed E-state index contributed by atoms with van der Waals surface area (Å²) in [6.07, 6.45) is 0. The standard InChI is InChI=1S/C14H16BrFN2O3/c1-21-9-13(19)17-4-6-18(7-5-17)14(20)11-8-10(15)2-3-12(11)16/h2-3,8H,4-7,9H2,1H3. The lowest BCUT2D eigenvalue weighted by Gasteiger charge is -2.34. The molecule has 21 heavy (non-hydrogen) atoms. The van der Waals surface area contributed by atoms with E-state index in [2.05, 4.69) is 15.9 Å². The third-order valence-electron chi connectivity index (χ3n) is 3.35. The zero-order valence-corrected chi connectivity index (χ0v) is 13.2. The van der Waals surface area contributed by atoms with E-state index in [1.807, 2.05) is 0 Å². The number of carbonyl (C=O) groups is 2. The number of nitrogens with zero attached hydrogens (tertiary/aromatic N) is 2. The molecule has 1 aromatic carbocycles. The smallest absolute Gasteiger partial charge is 0.256 e. The minimum atomic E-state index is -0.541. The zero-order chi connectivity index (χ0) is 15.4. The fourth-order valence-electron chi connectivity index (χ4n) is 2.21. The van der Waals surface area contributed by atoms with E-state index in [4.69, 9.17) is 4.74 Å². The molecule has 0 atom stereocenters. The van der Waals surface area contributed by atoms with E-state index in [9.17, 15) is 14.0 Å². The van der Waals surface area contributed by atoms with Crippen molar-refractivity contribution in [1.82, 2.24) is 9.80 Å². The lowest BCUT2D eigenvalue weighted by molar-refractivity contribution is -0.136. The van der Waals surface area contributed by atoms with Crippen LogP contribution in [0.15, 0.2) is 22.7 Å². The van der Waals surface area contributed by atoms with Gasteiger partial charge < -0.3 is 14.5 Å². The van der Waals surface area contributed by atoms with Crippen LogP contribution in [0.3, 0.4) is 0 Å². The van der Waals surface area contributed by atoms with Crippen molar-refractivity contribution in [3.8, 4) is 0 Å². The summed E-state index contributed by atoms with van der Waals surface area (Å²) >= 11 is 3.23. The number of amides is 2. The van der Waals surface area contributed by atoms with Crippen LogP contribution in [0.5, 0.6) is 0 Å². The quantitative estimate of drug-likeness (QED) is 0.822. The lowest BCUT2D eigenvalue weighted by atomic mass is 10.1. The van der Waals surface area contributed by atoms with Crippen molar-refractivity contribution in [2.24, 2.45) is 0 Å². The summed E-state index contributed by atoms with van der Waals surface area (Å²) in [6, 6.07) is 4.28. The number of halogens is 2. The van der Waals surface area contributed by atoms with Crippen LogP contribution in [-0.4, -0.2) is 61.5 Å². The van der Waals surface area contributed by atoms with E-state index in [0.29, 0.717) is 30.7 Å². The molecule has 1 aromatic rings. The number of hydrogen-bond donors (Lipinski definition) is 0. The van der Waals surface area contributed by atoms with Gasteiger partial charge in [-0.3, -0.25) is 9.59 Å².